The quantitative estimate of drug-likeness (QED) is 0.717. The van der Waals surface area contributed by atoms with Gasteiger partial charge < -0.3 is 15.7 Å². The molecule has 1 atom stereocenters. The standard InChI is InChI=1S/C19H22F2N2O2/c1-3-17(15-8-7-13(20)11-16(15)21)23-18-6-4-5-14(12(18)2)19(25)22-9-10-24/h4-8,11,17,23-24H,3,9-10H2,1-2H3,(H,22,25). The molecule has 0 aliphatic rings. The molecule has 0 bridgehead atoms. The molecule has 0 heterocycles. The molecule has 1 unspecified atom stereocenters. The van der Waals surface area contributed by atoms with Crippen LogP contribution in [0.1, 0.15) is 40.9 Å². The number of carbonyl (C=O) groups is 1. The first-order valence-corrected chi connectivity index (χ1v) is 8.18. The molecule has 0 saturated carbocycles. The van der Waals surface area contributed by atoms with E-state index in [1.807, 2.05) is 13.0 Å². The minimum Gasteiger partial charge on any atom is -0.395 e. The van der Waals surface area contributed by atoms with Crippen LogP contribution in [-0.4, -0.2) is 24.2 Å². The lowest BCUT2D eigenvalue weighted by atomic mass is 10.0. The average Bonchev–Trinajstić information content (AvgIpc) is 2.59. The molecule has 0 spiro atoms. The van der Waals surface area contributed by atoms with E-state index in [2.05, 4.69) is 10.6 Å². The first kappa shape index (κ1) is 18.9. The molecule has 0 aliphatic carbocycles. The predicted molar refractivity (Wildman–Crippen MR) is 93.6 cm³/mol. The summed E-state index contributed by atoms with van der Waals surface area (Å²) in [6.07, 6.45) is 0.586. The van der Waals surface area contributed by atoms with Gasteiger partial charge in [-0.1, -0.05) is 19.1 Å². The van der Waals surface area contributed by atoms with Gasteiger partial charge in [0.05, 0.1) is 12.6 Å². The van der Waals surface area contributed by atoms with Crippen molar-refractivity contribution in [3.63, 3.8) is 0 Å². The minimum absolute atomic E-state index is 0.134. The molecule has 134 valence electrons. The van der Waals surface area contributed by atoms with Crippen LogP contribution in [0.15, 0.2) is 36.4 Å². The summed E-state index contributed by atoms with van der Waals surface area (Å²) >= 11 is 0. The highest BCUT2D eigenvalue weighted by Crippen LogP contribution is 2.28. The fourth-order valence-corrected chi connectivity index (χ4v) is 2.67. The molecule has 0 fully saturated rings. The Morgan fingerprint density at radius 2 is 2.00 bits per heavy atom. The van der Waals surface area contributed by atoms with Crippen molar-refractivity contribution >= 4 is 11.6 Å². The molecular formula is C19H22F2N2O2. The van der Waals surface area contributed by atoms with Gasteiger partial charge in [0.2, 0.25) is 0 Å². The zero-order chi connectivity index (χ0) is 18.4. The third kappa shape index (κ3) is 4.54. The van der Waals surface area contributed by atoms with Crippen molar-refractivity contribution in [2.75, 3.05) is 18.5 Å². The maximum Gasteiger partial charge on any atom is 0.251 e. The van der Waals surface area contributed by atoms with Gasteiger partial charge in [0.1, 0.15) is 11.6 Å². The summed E-state index contributed by atoms with van der Waals surface area (Å²) in [6, 6.07) is 8.40. The van der Waals surface area contributed by atoms with E-state index in [9.17, 15) is 13.6 Å². The van der Waals surface area contributed by atoms with Gasteiger partial charge >= 0.3 is 0 Å². The monoisotopic (exact) mass is 348 g/mol. The van der Waals surface area contributed by atoms with Crippen LogP contribution in [0.25, 0.3) is 0 Å². The average molecular weight is 348 g/mol. The molecule has 6 heteroatoms. The highest BCUT2D eigenvalue weighted by atomic mass is 19.1. The van der Waals surface area contributed by atoms with Gasteiger partial charge in [-0.05, 0) is 37.1 Å². The lowest BCUT2D eigenvalue weighted by molar-refractivity contribution is 0.0944. The number of benzene rings is 2. The third-order valence-corrected chi connectivity index (χ3v) is 4.05. The lowest BCUT2D eigenvalue weighted by Crippen LogP contribution is -2.27. The van der Waals surface area contributed by atoms with Crippen molar-refractivity contribution in [3.05, 3.63) is 64.7 Å². The van der Waals surface area contributed by atoms with Crippen LogP contribution in [0.2, 0.25) is 0 Å². The Hall–Kier alpha value is -2.47. The maximum absolute atomic E-state index is 14.1. The van der Waals surface area contributed by atoms with Gasteiger partial charge in [0.15, 0.2) is 0 Å². The largest absolute Gasteiger partial charge is 0.395 e. The number of nitrogens with one attached hydrogen (secondary N) is 2. The summed E-state index contributed by atoms with van der Waals surface area (Å²) in [6.45, 7) is 3.73. The molecule has 0 aliphatic heterocycles. The zero-order valence-corrected chi connectivity index (χ0v) is 14.3. The van der Waals surface area contributed by atoms with Crippen molar-refractivity contribution in [1.82, 2.24) is 5.32 Å². The predicted octanol–water partition coefficient (Wildman–Crippen LogP) is 3.56. The topological polar surface area (TPSA) is 61.4 Å². The van der Waals surface area contributed by atoms with E-state index in [0.29, 0.717) is 23.2 Å². The maximum atomic E-state index is 14.1. The zero-order valence-electron chi connectivity index (χ0n) is 14.3. The van der Waals surface area contributed by atoms with E-state index in [1.54, 1.807) is 19.1 Å². The van der Waals surface area contributed by atoms with E-state index >= 15 is 0 Å². The summed E-state index contributed by atoms with van der Waals surface area (Å²) in [4.78, 5) is 12.1. The number of anilines is 1. The van der Waals surface area contributed by atoms with Gasteiger partial charge in [-0.3, -0.25) is 4.79 Å². The summed E-state index contributed by atoms with van der Waals surface area (Å²) < 4.78 is 27.2. The Kier molecular flexibility index (Phi) is 6.47. The van der Waals surface area contributed by atoms with Crippen molar-refractivity contribution in [3.8, 4) is 0 Å². The lowest BCUT2D eigenvalue weighted by Gasteiger charge is -2.22. The normalized spacial score (nSPS) is 11.9. The number of hydrogen-bond acceptors (Lipinski definition) is 3. The molecular weight excluding hydrogens is 326 g/mol. The highest BCUT2D eigenvalue weighted by molar-refractivity contribution is 5.97. The van der Waals surface area contributed by atoms with Crippen LogP contribution >= 0.6 is 0 Å². The number of halogens is 2. The van der Waals surface area contributed by atoms with Crippen LogP contribution in [0, 0.1) is 18.6 Å². The molecule has 2 rings (SSSR count). The van der Waals surface area contributed by atoms with Crippen LogP contribution in [0.5, 0.6) is 0 Å². The van der Waals surface area contributed by atoms with Crippen LogP contribution in [0.4, 0.5) is 14.5 Å². The summed E-state index contributed by atoms with van der Waals surface area (Å²) in [5.74, 6) is -1.50. The van der Waals surface area contributed by atoms with E-state index in [0.717, 1.165) is 11.6 Å². The Labute approximate surface area is 145 Å². The van der Waals surface area contributed by atoms with Crippen LogP contribution in [-0.2, 0) is 0 Å². The Morgan fingerprint density at radius 1 is 1.24 bits per heavy atom. The van der Waals surface area contributed by atoms with Crippen molar-refractivity contribution in [1.29, 1.82) is 0 Å². The first-order valence-electron chi connectivity index (χ1n) is 8.18. The molecule has 4 nitrogen and oxygen atoms in total. The molecule has 25 heavy (non-hydrogen) atoms. The minimum atomic E-state index is -0.616. The fourth-order valence-electron chi connectivity index (χ4n) is 2.67. The third-order valence-electron chi connectivity index (χ3n) is 4.05. The second kappa shape index (κ2) is 8.58. The number of carbonyl (C=O) groups excluding carboxylic acids is 1. The molecule has 3 N–H and O–H groups in total. The first-order chi connectivity index (χ1) is 12.0. The van der Waals surface area contributed by atoms with Gasteiger partial charge in [-0.15, -0.1) is 0 Å². The van der Waals surface area contributed by atoms with Gasteiger partial charge in [-0.2, -0.15) is 0 Å². The number of rotatable bonds is 7. The van der Waals surface area contributed by atoms with E-state index in [4.69, 9.17) is 5.11 Å². The number of hydrogen-bond donors (Lipinski definition) is 3. The molecule has 1 amide bonds. The van der Waals surface area contributed by atoms with E-state index < -0.39 is 11.6 Å². The summed E-state index contributed by atoms with van der Waals surface area (Å²) in [5, 5.41) is 14.7. The Morgan fingerprint density at radius 3 is 2.64 bits per heavy atom. The van der Waals surface area contributed by atoms with Gasteiger partial charge in [0.25, 0.3) is 5.91 Å². The van der Waals surface area contributed by atoms with E-state index in [-0.39, 0.29) is 25.1 Å². The molecule has 0 aromatic heterocycles. The number of aliphatic hydroxyl groups excluding tert-OH is 1. The van der Waals surface area contributed by atoms with Crippen molar-refractivity contribution in [2.24, 2.45) is 0 Å². The van der Waals surface area contributed by atoms with Crippen molar-refractivity contribution in [2.45, 2.75) is 26.3 Å². The van der Waals surface area contributed by atoms with Crippen molar-refractivity contribution < 1.29 is 18.7 Å². The molecule has 0 saturated heterocycles. The number of amides is 1. The van der Waals surface area contributed by atoms with Gasteiger partial charge in [0, 0.05) is 29.4 Å². The molecule has 0 radical (unpaired) electrons. The summed E-state index contributed by atoms with van der Waals surface area (Å²) in [5.41, 5.74) is 2.28. The SMILES string of the molecule is CCC(Nc1cccc(C(=O)NCCO)c1C)c1ccc(F)cc1F. The Balaban J connectivity index is 2.27. The fraction of sp³-hybridized carbons (Fsp3) is 0.316. The number of aliphatic hydroxyl groups is 1. The van der Waals surface area contributed by atoms with E-state index in [1.165, 1.54) is 12.1 Å². The van der Waals surface area contributed by atoms with Gasteiger partial charge in [-0.25, -0.2) is 8.78 Å². The molecule has 2 aromatic rings. The van der Waals surface area contributed by atoms with Crippen LogP contribution < -0.4 is 10.6 Å². The second-order valence-electron chi connectivity index (χ2n) is 5.73. The smallest absolute Gasteiger partial charge is 0.251 e. The van der Waals surface area contributed by atoms with Crippen LogP contribution in [0.3, 0.4) is 0 Å². The molecule has 2 aromatic carbocycles. The highest BCUT2D eigenvalue weighted by Gasteiger charge is 2.17. The summed E-state index contributed by atoms with van der Waals surface area (Å²) in [7, 11) is 0. The Bertz CT molecular complexity index is 750. The second-order valence-corrected chi connectivity index (χ2v) is 5.73.